The largest absolute Gasteiger partial charge is 0.368 e. The number of halogens is 2. The van der Waals surface area contributed by atoms with Crippen LogP contribution in [0.1, 0.15) is 12.8 Å². The summed E-state index contributed by atoms with van der Waals surface area (Å²) in [5.74, 6) is -0.311. The lowest BCUT2D eigenvalue weighted by molar-refractivity contribution is -0.126. The summed E-state index contributed by atoms with van der Waals surface area (Å²) in [4.78, 5) is 18.4. The van der Waals surface area contributed by atoms with Crippen LogP contribution in [0, 0.1) is 0 Å². The number of hydrogen-bond donors (Lipinski definition) is 0. The normalized spacial score (nSPS) is 31.5. The van der Waals surface area contributed by atoms with Gasteiger partial charge in [-0.2, -0.15) is 4.99 Å². The van der Waals surface area contributed by atoms with E-state index in [-0.39, 0.29) is 28.7 Å². The van der Waals surface area contributed by atoms with E-state index in [9.17, 15) is 13.2 Å². The molecule has 10 heteroatoms. The molecule has 140 valence electrons. The van der Waals surface area contributed by atoms with Gasteiger partial charge in [-0.3, -0.25) is 4.79 Å². The fourth-order valence-corrected chi connectivity index (χ4v) is 7.97. The van der Waals surface area contributed by atoms with Gasteiger partial charge in [0.15, 0.2) is 15.0 Å². The lowest BCUT2D eigenvalue weighted by Gasteiger charge is -2.26. The first-order chi connectivity index (χ1) is 12.4. The molecule has 0 aliphatic carbocycles. The van der Waals surface area contributed by atoms with Gasteiger partial charge in [0.2, 0.25) is 0 Å². The number of amidine groups is 1. The van der Waals surface area contributed by atoms with Crippen molar-refractivity contribution in [3.63, 3.8) is 0 Å². The molecule has 0 saturated carbocycles. The molecule has 0 N–H and O–H groups in total. The minimum atomic E-state index is -3.15. The van der Waals surface area contributed by atoms with Crippen molar-refractivity contribution in [1.29, 1.82) is 0 Å². The molecule has 26 heavy (non-hydrogen) atoms. The summed E-state index contributed by atoms with van der Waals surface area (Å²) in [6.45, 7) is 0.554. The van der Waals surface area contributed by atoms with Crippen LogP contribution in [0.15, 0.2) is 23.2 Å². The van der Waals surface area contributed by atoms with E-state index in [0.717, 1.165) is 6.42 Å². The van der Waals surface area contributed by atoms with Gasteiger partial charge in [0.25, 0.3) is 5.91 Å². The van der Waals surface area contributed by atoms with Crippen molar-refractivity contribution < 1.29 is 17.9 Å². The number of sulfone groups is 1. The van der Waals surface area contributed by atoms with Crippen molar-refractivity contribution in [1.82, 2.24) is 0 Å². The number of carbonyl (C=O) groups excluding carboxylic acids is 1. The van der Waals surface area contributed by atoms with Crippen molar-refractivity contribution >= 4 is 61.6 Å². The smallest absolute Gasteiger partial charge is 0.277 e. The molecule has 0 aromatic heterocycles. The minimum Gasteiger partial charge on any atom is -0.368 e. The third-order valence-corrected chi connectivity index (χ3v) is 8.48. The van der Waals surface area contributed by atoms with E-state index in [1.807, 2.05) is 0 Å². The molecule has 4 rings (SSSR count). The molecule has 1 aromatic rings. The topological polar surface area (TPSA) is 76.0 Å². The van der Waals surface area contributed by atoms with Gasteiger partial charge in [-0.15, -0.1) is 0 Å². The van der Waals surface area contributed by atoms with E-state index in [1.54, 1.807) is 23.1 Å². The van der Waals surface area contributed by atoms with Crippen LogP contribution in [-0.4, -0.2) is 55.0 Å². The summed E-state index contributed by atoms with van der Waals surface area (Å²) >= 11 is 14.0. The van der Waals surface area contributed by atoms with Gasteiger partial charge in [0.1, 0.15) is 6.10 Å². The highest BCUT2D eigenvalue weighted by Gasteiger charge is 2.50. The summed E-state index contributed by atoms with van der Waals surface area (Å²) in [6, 6.07) is 4.74. The number of rotatable bonds is 2. The van der Waals surface area contributed by atoms with Crippen LogP contribution in [0.2, 0.25) is 10.0 Å². The molecule has 3 saturated heterocycles. The number of fused-ring (bicyclic) bond motifs is 1. The Bertz CT molecular complexity index is 864. The van der Waals surface area contributed by atoms with Gasteiger partial charge < -0.3 is 9.64 Å². The molecular formula is C16H16Cl2N2O4S2. The second-order valence-electron chi connectivity index (χ2n) is 6.48. The van der Waals surface area contributed by atoms with E-state index < -0.39 is 15.9 Å². The van der Waals surface area contributed by atoms with Gasteiger partial charge in [-0.1, -0.05) is 41.0 Å². The van der Waals surface area contributed by atoms with Crippen molar-refractivity contribution in [2.45, 2.75) is 30.2 Å². The number of anilines is 1. The van der Waals surface area contributed by atoms with Crippen LogP contribution in [0.5, 0.6) is 0 Å². The summed E-state index contributed by atoms with van der Waals surface area (Å²) in [5, 5.41) is 1.01. The first kappa shape index (κ1) is 18.6. The monoisotopic (exact) mass is 434 g/mol. The van der Waals surface area contributed by atoms with E-state index in [4.69, 9.17) is 27.9 Å². The Balaban J connectivity index is 1.75. The average Bonchev–Trinajstić information content (AvgIpc) is 3.24. The Hall–Kier alpha value is -0.800. The van der Waals surface area contributed by atoms with Crippen LogP contribution in [0.3, 0.4) is 0 Å². The zero-order chi connectivity index (χ0) is 18.5. The van der Waals surface area contributed by atoms with E-state index in [1.165, 1.54) is 11.8 Å². The lowest BCUT2D eigenvalue weighted by atomic mass is 10.2. The maximum absolute atomic E-state index is 12.5. The highest BCUT2D eigenvalue weighted by Crippen LogP contribution is 2.45. The van der Waals surface area contributed by atoms with Crippen LogP contribution in [0.4, 0.5) is 5.69 Å². The summed E-state index contributed by atoms with van der Waals surface area (Å²) in [6.07, 6.45) is 0.947. The molecule has 3 aliphatic rings. The number of thioether (sulfide) groups is 1. The van der Waals surface area contributed by atoms with E-state index in [0.29, 0.717) is 33.9 Å². The summed E-state index contributed by atoms with van der Waals surface area (Å²) in [5.41, 5.74) is 0.492. The molecule has 3 atom stereocenters. The maximum Gasteiger partial charge on any atom is 0.277 e. The molecular weight excluding hydrogens is 419 g/mol. The minimum absolute atomic E-state index is 0.0145. The fourth-order valence-electron chi connectivity index (χ4n) is 3.48. The lowest BCUT2D eigenvalue weighted by Crippen LogP contribution is -2.38. The number of benzene rings is 1. The zero-order valence-corrected chi connectivity index (χ0v) is 16.7. The van der Waals surface area contributed by atoms with Gasteiger partial charge >= 0.3 is 0 Å². The average molecular weight is 435 g/mol. The molecule has 1 amide bonds. The second-order valence-corrected chi connectivity index (χ2v) is 10.6. The van der Waals surface area contributed by atoms with Crippen molar-refractivity contribution in [2.24, 2.45) is 4.99 Å². The third kappa shape index (κ3) is 3.38. The Morgan fingerprint density at radius 2 is 2.00 bits per heavy atom. The number of nitrogens with zero attached hydrogens (tertiary/aromatic N) is 2. The van der Waals surface area contributed by atoms with Crippen LogP contribution < -0.4 is 4.90 Å². The molecule has 0 spiro atoms. The Labute approximate surface area is 165 Å². The van der Waals surface area contributed by atoms with Gasteiger partial charge in [-0.05, 0) is 25.0 Å². The molecule has 0 bridgehead atoms. The van der Waals surface area contributed by atoms with Crippen molar-refractivity contribution in [3.05, 3.63) is 28.2 Å². The predicted molar refractivity (Wildman–Crippen MR) is 104 cm³/mol. The maximum atomic E-state index is 12.5. The summed E-state index contributed by atoms with van der Waals surface area (Å²) in [7, 11) is -3.15. The molecule has 3 aliphatic heterocycles. The first-order valence-electron chi connectivity index (χ1n) is 8.20. The summed E-state index contributed by atoms with van der Waals surface area (Å²) < 4.78 is 29.6. The molecule has 3 heterocycles. The van der Waals surface area contributed by atoms with Crippen LogP contribution in [-0.2, 0) is 19.4 Å². The fraction of sp³-hybridized carbons (Fsp3) is 0.500. The molecule has 3 fully saturated rings. The molecule has 3 unspecified atom stereocenters. The van der Waals surface area contributed by atoms with Gasteiger partial charge in [0, 0.05) is 11.9 Å². The van der Waals surface area contributed by atoms with Gasteiger partial charge in [0.05, 0.1) is 33.3 Å². The molecule has 1 aromatic carbocycles. The quantitative estimate of drug-likeness (QED) is 0.711. The SMILES string of the molecule is O=C(N=C1SC2CS(=O)(=O)CC2N1c1c(Cl)cccc1Cl)C1CCCO1. The third-order valence-electron chi connectivity index (χ3n) is 4.66. The van der Waals surface area contributed by atoms with Crippen LogP contribution >= 0.6 is 35.0 Å². The van der Waals surface area contributed by atoms with Crippen molar-refractivity contribution in [3.8, 4) is 0 Å². The Morgan fingerprint density at radius 1 is 1.27 bits per heavy atom. The van der Waals surface area contributed by atoms with Crippen molar-refractivity contribution in [2.75, 3.05) is 23.0 Å². The molecule has 0 radical (unpaired) electrons. The second kappa shape index (κ2) is 6.98. The number of ether oxygens (including phenoxy) is 1. The highest BCUT2D eigenvalue weighted by atomic mass is 35.5. The predicted octanol–water partition coefficient (Wildman–Crippen LogP) is 2.77. The Kier molecular flexibility index (Phi) is 4.98. The van der Waals surface area contributed by atoms with E-state index >= 15 is 0 Å². The number of aliphatic imine (C=N–C) groups is 1. The first-order valence-corrected chi connectivity index (χ1v) is 11.7. The van der Waals surface area contributed by atoms with Gasteiger partial charge in [-0.25, -0.2) is 8.42 Å². The Morgan fingerprint density at radius 3 is 2.65 bits per heavy atom. The number of carbonyl (C=O) groups is 1. The molecule has 6 nitrogen and oxygen atoms in total. The van der Waals surface area contributed by atoms with Crippen LogP contribution in [0.25, 0.3) is 0 Å². The highest BCUT2D eigenvalue weighted by molar-refractivity contribution is 8.16. The zero-order valence-electron chi connectivity index (χ0n) is 13.6. The van der Waals surface area contributed by atoms with E-state index in [2.05, 4.69) is 4.99 Å². The standard InChI is InChI=1S/C16H16Cl2N2O4S2/c17-9-3-1-4-10(18)14(9)20-11-7-26(22,23)8-13(11)25-16(20)19-15(21)12-5-2-6-24-12/h1,3-4,11-13H,2,5-8H2. The number of hydrogen-bond acceptors (Lipinski definition) is 5. The number of para-hydroxylation sites is 1. The number of amides is 1.